The van der Waals surface area contributed by atoms with Crippen molar-refractivity contribution in [2.24, 2.45) is 0 Å². The molecule has 0 N–H and O–H groups in total. The van der Waals surface area contributed by atoms with Gasteiger partial charge in [-0.05, 0) is 0 Å². The van der Waals surface area contributed by atoms with Crippen molar-refractivity contribution in [3.63, 3.8) is 0 Å². The fraction of sp³-hybridized carbons (Fsp3) is 0.333. The number of ketones is 1. The van der Waals surface area contributed by atoms with E-state index in [1.165, 1.54) is 17.2 Å². The highest BCUT2D eigenvalue weighted by atomic mass is 16.1. The van der Waals surface area contributed by atoms with Crippen LogP contribution in [0.15, 0.2) is 12.4 Å². The summed E-state index contributed by atoms with van der Waals surface area (Å²) in [4.78, 5) is 12.0. The number of hydrogen-bond acceptors (Lipinski definition) is 4. The molecule has 0 radical (unpaired) electrons. The smallest absolute Gasteiger partial charge is 0.170 e. The molecule has 0 spiro atoms. The van der Waals surface area contributed by atoms with Gasteiger partial charge in [-0.1, -0.05) is 0 Å². The average Bonchev–Trinajstić information content (AvgIpc) is 2.40. The molecule has 0 saturated heterocycles. The van der Waals surface area contributed by atoms with E-state index in [4.69, 9.17) is 5.26 Å². The summed E-state index contributed by atoms with van der Waals surface area (Å²) in [6.07, 6.45) is 2.89. The molecule has 0 amide bonds. The van der Waals surface area contributed by atoms with Gasteiger partial charge in [-0.3, -0.25) is 4.79 Å². The summed E-state index contributed by atoms with van der Waals surface area (Å²) in [5.41, 5.74) is 0. The van der Waals surface area contributed by atoms with Crippen molar-refractivity contribution in [1.29, 1.82) is 5.26 Å². The summed E-state index contributed by atoms with van der Waals surface area (Å²) < 4.78 is 0. The molecule has 0 unspecified atom stereocenters. The van der Waals surface area contributed by atoms with Crippen LogP contribution in [-0.4, -0.2) is 20.8 Å². The third kappa shape index (κ3) is 2.18. The molecule has 0 fully saturated rings. The second-order valence-electron chi connectivity index (χ2n) is 1.93. The van der Waals surface area contributed by atoms with E-state index in [-0.39, 0.29) is 18.7 Å². The van der Waals surface area contributed by atoms with Gasteiger partial charge in [0.15, 0.2) is 5.78 Å². The molecule has 5 heteroatoms. The van der Waals surface area contributed by atoms with E-state index in [0.29, 0.717) is 0 Å². The molecule has 0 atom stereocenters. The minimum atomic E-state index is -0.177. The van der Waals surface area contributed by atoms with E-state index < -0.39 is 0 Å². The molecule has 0 aliphatic carbocycles. The normalized spacial score (nSPS) is 9.00. The van der Waals surface area contributed by atoms with Crippen molar-refractivity contribution in [2.75, 3.05) is 0 Å². The minimum absolute atomic E-state index is 0.0818. The molecule has 1 aromatic heterocycles. The van der Waals surface area contributed by atoms with Gasteiger partial charge in [0.05, 0.1) is 24.9 Å². The van der Waals surface area contributed by atoms with Gasteiger partial charge in [-0.15, -0.1) is 0 Å². The minimum Gasteiger partial charge on any atom is -0.296 e. The number of nitriles is 1. The summed E-state index contributed by atoms with van der Waals surface area (Å²) in [7, 11) is 0. The summed E-state index contributed by atoms with van der Waals surface area (Å²) in [6.45, 7) is 0.0839. The van der Waals surface area contributed by atoms with Gasteiger partial charge in [0.1, 0.15) is 6.54 Å². The van der Waals surface area contributed by atoms with Gasteiger partial charge >= 0.3 is 0 Å². The van der Waals surface area contributed by atoms with Gasteiger partial charge in [0, 0.05) is 0 Å². The Morgan fingerprint density at radius 1 is 1.55 bits per heavy atom. The molecule has 0 bridgehead atoms. The monoisotopic (exact) mass is 150 g/mol. The summed E-state index contributed by atoms with van der Waals surface area (Å²) in [5.74, 6) is -0.177. The second kappa shape index (κ2) is 3.46. The average molecular weight is 150 g/mol. The third-order valence-electron chi connectivity index (χ3n) is 1.06. The van der Waals surface area contributed by atoms with Crippen LogP contribution in [0.2, 0.25) is 0 Å². The van der Waals surface area contributed by atoms with Crippen LogP contribution in [-0.2, 0) is 11.3 Å². The van der Waals surface area contributed by atoms with Gasteiger partial charge in [0.2, 0.25) is 0 Å². The summed E-state index contributed by atoms with van der Waals surface area (Å²) in [5, 5.41) is 15.6. The second-order valence-corrected chi connectivity index (χ2v) is 1.93. The molecule has 0 saturated carbocycles. The molecule has 0 aliphatic heterocycles. The van der Waals surface area contributed by atoms with Gasteiger partial charge in [0.25, 0.3) is 0 Å². The zero-order valence-electron chi connectivity index (χ0n) is 5.77. The zero-order chi connectivity index (χ0) is 8.10. The number of carbonyl (C=O) groups is 1. The molecule has 1 rings (SSSR count). The quantitative estimate of drug-likeness (QED) is 0.596. The van der Waals surface area contributed by atoms with Crippen LogP contribution in [0.4, 0.5) is 0 Å². The number of Topliss-reactive ketones (excluding diaryl/α,β-unsaturated/α-hetero) is 1. The first-order valence-electron chi connectivity index (χ1n) is 3.05. The molecule has 5 nitrogen and oxygen atoms in total. The molecule has 0 aromatic carbocycles. The van der Waals surface area contributed by atoms with E-state index in [0.717, 1.165) is 0 Å². The first-order chi connectivity index (χ1) is 5.33. The van der Waals surface area contributed by atoms with Crippen LogP contribution in [0, 0.1) is 11.3 Å². The summed E-state index contributed by atoms with van der Waals surface area (Å²) >= 11 is 0. The van der Waals surface area contributed by atoms with Crippen molar-refractivity contribution in [3.8, 4) is 6.07 Å². The zero-order valence-corrected chi connectivity index (χ0v) is 5.77. The molecule has 11 heavy (non-hydrogen) atoms. The molecule has 1 aromatic rings. The summed E-state index contributed by atoms with van der Waals surface area (Å²) in [6, 6.07) is 1.76. The highest BCUT2D eigenvalue weighted by Gasteiger charge is 2.01. The van der Waals surface area contributed by atoms with Crippen molar-refractivity contribution in [2.45, 2.75) is 13.0 Å². The van der Waals surface area contributed by atoms with Crippen LogP contribution in [0.1, 0.15) is 6.42 Å². The Hall–Kier alpha value is -1.70. The van der Waals surface area contributed by atoms with Crippen molar-refractivity contribution in [3.05, 3.63) is 12.4 Å². The lowest BCUT2D eigenvalue weighted by Gasteiger charge is -1.92. The van der Waals surface area contributed by atoms with E-state index in [9.17, 15) is 4.79 Å². The number of hydrogen-bond donors (Lipinski definition) is 0. The Kier molecular flexibility index (Phi) is 2.33. The maximum atomic E-state index is 10.8. The van der Waals surface area contributed by atoms with Crippen LogP contribution in [0.3, 0.4) is 0 Å². The lowest BCUT2D eigenvalue weighted by molar-refractivity contribution is -0.119. The molecular weight excluding hydrogens is 144 g/mol. The Balaban J connectivity index is 2.45. The van der Waals surface area contributed by atoms with Crippen molar-refractivity contribution in [1.82, 2.24) is 15.0 Å². The largest absolute Gasteiger partial charge is 0.296 e. The fourth-order valence-electron chi connectivity index (χ4n) is 0.627. The van der Waals surface area contributed by atoms with Crippen molar-refractivity contribution >= 4 is 5.78 Å². The molecule has 1 heterocycles. The van der Waals surface area contributed by atoms with Crippen LogP contribution < -0.4 is 0 Å². The maximum absolute atomic E-state index is 10.8. The van der Waals surface area contributed by atoms with E-state index in [1.54, 1.807) is 6.07 Å². The third-order valence-corrected chi connectivity index (χ3v) is 1.06. The van der Waals surface area contributed by atoms with Crippen LogP contribution in [0.25, 0.3) is 0 Å². The van der Waals surface area contributed by atoms with E-state index >= 15 is 0 Å². The van der Waals surface area contributed by atoms with Crippen LogP contribution in [0.5, 0.6) is 0 Å². The Bertz CT molecular complexity index is 271. The highest BCUT2D eigenvalue weighted by molar-refractivity contribution is 5.79. The fourth-order valence-corrected chi connectivity index (χ4v) is 0.627. The lowest BCUT2D eigenvalue weighted by Crippen LogP contribution is -2.11. The Labute approximate surface area is 63.2 Å². The SMILES string of the molecule is N#CCC(=O)Cn1nccn1. The van der Waals surface area contributed by atoms with Gasteiger partial charge in [-0.2, -0.15) is 20.3 Å². The lowest BCUT2D eigenvalue weighted by atomic mass is 10.3. The van der Waals surface area contributed by atoms with E-state index in [2.05, 4.69) is 10.2 Å². The predicted molar refractivity (Wildman–Crippen MR) is 35.3 cm³/mol. The van der Waals surface area contributed by atoms with Crippen LogP contribution >= 0.6 is 0 Å². The van der Waals surface area contributed by atoms with Gasteiger partial charge in [-0.25, -0.2) is 0 Å². The standard InChI is InChI=1S/C6H6N4O/c7-2-1-6(11)5-10-8-3-4-9-10/h3-4H,1,5H2. The van der Waals surface area contributed by atoms with Gasteiger partial charge < -0.3 is 0 Å². The Morgan fingerprint density at radius 3 is 2.73 bits per heavy atom. The first-order valence-corrected chi connectivity index (χ1v) is 3.05. The van der Waals surface area contributed by atoms with Crippen molar-refractivity contribution < 1.29 is 4.79 Å². The number of nitrogens with zero attached hydrogens (tertiary/aromatic N) is 4. The Morgan fingerprint density at radius 2 is 2.18 bits per heavy atom. The highest BCUT2D eigenvalue weighted by Crippen LogP contribution is 1.84. The number of aromatic nitrogens is 3. The number of rotatable bonds is 3. The maximum Gasteiger partial charge on any atom is 0.170 e. The molecule has 0 aliphatic rings. The molecule has 56 valence electrons. The first kappa shape index (κ1) is 7.41. The number of carbonyl (C=O) groups excluding carboxylic acids is 1. The molecular formula is C6H6N4O. The van der Waals surface area contributed by atoms with E-state index in [1.807, 2.05) is 0 Å². The topological polar surface area (TPSA) is 71.6 Å². The predicted octanol–water partition coefficient (Wildman–Crippen LogP) is -0.239.